The highest BCUT2D eigenvalue weighted by molar-refractivity contribution is 6.23. The minimum Gasteiger partial charge on any atom is -0.378 e. The molecule has 1 aliphatic heterocycles. The van der Waals surface area contributed by atoms with Crippen LogP contribution >= 0.6 is 0 Å². The van der Waals surface area contributed by atoms with Gasteiger partial charge in [-0.1, -0.05) is 66.7 Å². The van der Waals surface area contributed by atoms with E-state index in [0.29, 0.717) is 37.7 Å². The van der Waals surface area contributed by atoms with Crippen molar-refractivity contribution < 1.29 is 9.53 Å². The predicted octanol–water partition coefficient (Wildman–Crippen LogP) is 4.63. The van der Waals surface area contributed by atoms with E-state index in [1.54, 1.807) is 0 Å². The van der Waals surface area contributed by atoms with Crippen molar-refractivity contribution in [1.29, 1.82) is 0 Å². The summed E-state index contributed by atoms with van der Waals surface area (Å²) in [6.07, 6.45) is 1.92. The van der Waals surface area contributed by atoms with Crippen molar-refractivity contribution in [3.05, 3.63) is 90.3 Å². The maximum absolute atomic E-state index is 13.4. The molecule has 0 spiro atoms. The summed E-state index contributed by atoms with van der Waals surface area (Å²) in [5.74, 6) is 0.555. The molecule has 2 heterocycles. The van der Waals surface area contributed by atoms with Crippen molar-refractivity contribution in [1.82, 2.24) is 14.9 Å². The van der Waals surface area contributed by atoms with Gasteiger partial charge in [-0.05, 0) is 34.9 Å². The minimum atomic E-state index is -0.0329. The van der Waals surface area contributed by atoms with Gasteiger partial charge in [-0.15, -0.1) is 0 Å². The van der Waals surface area contributed by atoms with Gasteiger partial charge >= 0.3 is 0 Å². The summed E-state index contributed by atoms with van der Waals surface area (Å²) in [4.78, 5) is 23.2. The SMILES string of the molecule is O=C(C(=Cc1ccc(-c2ccccc2)cc1)c1nc2ccccc2[nH]1)N1CCOCC1. The Morgan fingerprint density at radius 3 is 2.29 bits per heavy atom. The number of H-pyrrole nitrogens is 1. The average Bonchev–Trinajstić information content (AvgIpc) is 3.28. The van der Waals surface area contributed by atoms with Crippen molar-refractivity contribution in [2.24, 2.45) is 0 Å². The predicted molar refractivity (Wildman–Crippen MR) is 123 cm³/mol. The Bertz CT molecular complexity index is 1190. The molecular formula is C26H23N3O2. The van der Waals surface area contributed by atoms with Crippen LogP contribution in [0.2, 0.25) is 0 Å². The van der Waals surface area contributed by atoms with E-state index in [-0.39, 0.29) is 5.91 Å². The number of hydrogen-bond acceptors (Lipinski definition) is 3. The number of rotatable bonds is 4. The second kappa shape index (κ2) is 8.58. The standard InChI is InChI=1S/C26H23N3O2/c30-26(29-14-16-31-17-15-29)22(25-27-23-8-4-5-9-24(23)28-25)18-19-10-12-21(13-11-19)20-6-2-1-3-7-20/h1-13,18H,14-17H2,(H,27,28). The first kappa shape index (κ1) is 19.3. The van der Waals surface area contributed by atoms with E-state index < -0.39 is 0 Å². The number of carbonyl (C=O) groups is 1. The summed E-state index contributed by atoms with van der Waals surface area (Å²) in [6, 6.07) is 26.3. The molecule has 4 aromatic rings. The summed E-state index contributed by atoms with van der Waals surface area (Å²) in [5, 5.41) is 0. The number of morpholine rings is 1. The second-order valence-corrected chi connectivity index (χ2v) is 7.55. The van der Waals surface area contributed by atoms with Crippen molar-refractivity contribution in [3.63, 3.8) is 0 Å². The maximum atomic E-state index is 13.4. The van der Waals surface area contributed by atoms with E-state index in [1.165, 1.54) is 5.56 Å². The molecule has 0 saturated carbocycles. The molecule has 5 heteroatoms. The van der Waals surface area contributed by atoms with Gasteiger partial charge in [0.15, 0.2) is 0 Å². The van der Waals surface area contributed by atoms with Gasteiger partial charge in [-0.2, -0.15) is 0 Å². The Labute approximate surface area is 181 Å². The Kier molecular flexibility index (Phi) is 5.33. The molecule has 0 radical (unpaired) electrons. The van der Waals surface area contributed by atoms with Crippen molar-refractivity contribution >= 4 is 28.6 Å². The summed E-state index contributed by atoms with van der Waals surface area (Å²) in [6.45, 7) is 2.29. The van der Waals surface area contributed by atoms with E-state index in [4.69, 9.17) is 4.74 Å². The molecule has 1 aliphatic rings. The number of carbonyl (C=O) groups excluding carboxylic acids is 1. The third-order valence-corrected chi connectivity index (χ3v) is 5.50. The number of nitrogens with one attached hydrogen (secondary N) is 1. The zero-order valence-electron chi connectivity index (χ0n) is 17.1. The Morgan fingerprint density at radius 2 is 1.55 bits per heavy atom. The molecule has 1 N–H and O–H groups in total. The topological polar surface area (TPSA) is 58.2 Å². The van der Waals surface area contributed by atoms with Gasteiger partial charge in [0.05, 0.1) is 29.8 Å². The van der Waals surface area contributed by atoms with Crippen molar-refractivity contribution in [2.45, 2.75) is 0 Å². The van der Waals surface area contributed by atoms with E-state index in [0.717, 1.165) is 22.2 Å². The third-order valence-electron chi connectivity index (χ3n) is 5.50. The molecule has 1 saturated heterocycles. The fourth-order valence-electron chi connectivity index (χ4n) is 3.82. The first-order valence-electron chi connectivity index (χ1n) is 10.5. The Balaban J connectivity index is 1.53. The van der Waals surface area contributed by atoms with Gasteiger partial charge in [-0.3, -0.25) is 4.79 Å². The lowest BCUT2D eigenvalue weighted by Crippen LogP contribution is -2.41. The molecule has 0 aliphatic carbocycles. The van der Waals surface area contributed by atoms with Gasteiger partial charge in [0.1, 0.15) is 5.82 Å². The van der Waals surface area contributed by atoms with E-state index in [2.05, 4.69) is 34.2 Å². The first-order chi connectivity index (χ1) is 15.3. The normalized spacial score (nSPS) is 14.7. The summed E-state index contributed by atoms with van der Waals surface area (Å²) >= 11 is 0. The van der Waals surface area contributed by atoms with Gasteiger partial charge in [0.2, 0.25) is 0 Å². The van der Waals surface area contributed by atoms with Gasteiger partial charge in [0, 0.05) is 13.1 Å². The molecule has 5 nitrogen and oxygen atoms in total. The van der Waals surface area contributed by atoms with Crippen LogP contribution in [0.5, 0.6) is 0 Å². The number of amides is 1. The number of aromatic nitrogens is 2. The summed E-state index contributed by atoms with van der Waals surface area (Å²) in [5.41, 5.74) is 5.58. The molecule has 1 fully saturated rings. The van der Waals surface area contributed by atoms with E-state index >= 15 is 0 Å². The molecular weight excluding hydrogens is 386 g/mol. The molecule has 1 aromatic heterocycles. The number of imidazole rings is 1. The van der Waals surface area contributed by atoms with Crippen LogP contribution in [0.1, 0.15) is 11.4 Å². The molecule has 5 rings (SSSR count). The van der Waals surface area contributed by atoms with Crippen LogP contribution in [0.4, 0.5) is 0 Å². The third kappa shape index (κ3) is 4.13. The molecule has 0 bridgehead atoms. The zero-order valence-corrected chi connectivity index (χ0v) is 17.1. The monoisotopic (exact) mass is 409 g/mol. The lowest BCUT2D eigenvalue weighted by molar-refractivity contribution is -0.128. The van der Waals surface area contributed by atoms with Crippen LogP contribution in [-0.4, -0.2) is 47.1 Å². The number of ether oxygens (including phenoxy) is 1. The number of benzene rings is 3. The zero-order chi connectivity index (χ0) is 21.0. The number of nitrogens with zero attached hydrogens (tertiary/aromatic N) is 2. The highest BCUT2D eigenvalue weighted by atomic mass is 16.5. The number of fused-ring (bicyclic) bond motifs is 1. The average molecular weight is 409 g/mol. The number of para-hydroxylation sites is 2. The Hall–Kier alpha value is -3.70. The number of hydrogen-bond donors (Lipinski definition) is 1. The fourth-order valence-corrected chi connectivity index (χ4v) is 3.82. The van der Waals surface area contributed by atoms with Crippen LogP contribution in [-0.2, 0) is 9.53 Å². The van der Waals surface area contributed by atoms with Crippen LogP contribution in [0.25, 0.3) is 33.8 Å². The van der Waals surface area contributed by atoms with Crippen LogP contribution < -0.4 is 0 Å². The quantitative estimate of drug-likeness (QED) is 0.500. The molecule has 3 aromatic carbocycles. The van der Waals surface area contributed by atoms with Crippen LogP contribution in [0, 0.1) is 0 Å². The molecule has 0 atom stereocenters. The van der Waals surface area contributed by atoms with Crippen LogP contribution in [0.3, 0.4) is 0 Å². The van der Waals surface area contributed by atoms with Gasteiger partial charge in [0.25, 0.3) is 5.91 Å². The smallest absolute Gasteiger partial charge is 0.257 e. The molecule has 154 valence electrons. The molecule has 31 heavy (non-hydrogen) atoms. The maximum Gasteiger partial charge on any atom is 0.257 e. The van der Waals surface area contributed by atoms with E-state index in [9.17, 15) is 4.79 Å². The largest absolute Gasteiger partial charge is 0.378 e. The Morgan fingerprint density at radius 1 is 0.871 bits per heavy atom. The highest BCUT2D eigenvalue weighted by Crippen LogP contribution is 2.24. The summed E-state index contributed by atoms with van der Waals surface area (Å²) < 4.78 is 5.42. The van der Waals surface area contributed by atoms with Crippen molar-refractivity contribution in [3.8, 4) is 11.1 Å². The second-order valence-electron chi connectivity index (χ2n) is 7.55. The van der Waals surface area contributed by atoms with E-state index in [1.807, 2.05) is 65.6 Å². The lowest BCUT2D eigenvalue weighted by atomic mass is 10.0. The summed E-state index contributed by atoms with van der Waals surface area (Å²) in [7, 11) is 0. The van der Waals surface area contributed by atoms with Crippen molar-refractivity contribution in [2.75, 3.05) is 26.3 Å². The highest BCUT2D eigenvalue weighted by Gasteiger charge is 2.24. The number of aromatic amines is 1. The molecule has 0 unspecified atom stereocenters. The molecule has 1 amide bonds. The van der Waals surface area contributed by atoms with Crippen LogP contribution in [0.15, 0.2) is 78.9 Å². The van der Waals surface area contributed by atoms with Gasteiger partial charge < -0.3 is 14.6 Å². The van der Waals surface area contributed by atoms with Gasteiger partial charge in [-0.25, -0.2) is 4.98 Å². The lowest BCUT2D eigenvalue weighted by Gasteiger charge is -2.27. The fraction of sp³-hybridized carbons (Fsp3) is 0.154. The minimum absolute atomic E-state index is 0.0329. The first-order valence-corrected chi connectivity index (χ1v) is 10.5.